The van der Waals surface area contributed by atoms with Gasteiger partial charge in [0.1, 0.15) is 6.54 Å². The number of halogens is 2. The lowest BCUT2D eigenvalue weighted by molar-refractivity contribution is 0.122. The van der Waals surface area contributed by atoms with Crippen molar-refractivity contribution in [3.05, 3.63) is 54.6 Å². The minimum atomic E-state index is -3.44. The van der Waals surface area contributed by atoms with Gasteiger partial charge >= 0.3 is 0 Å². The summed E-state index contributed by atoms with van der Waals surface area (Å²) in [5, 5.41) is 11.8. The molecule has 0 spiro atoms. The van der Waals surface area contributed by atoms with Crippen molar-refractivity contribution < 1.29 is 17.2 Å². The summed E-state index contributed by atoms with van der Waals surface area (Å²) in [5.41, 5.74) is 2.15. The average Bonchev–Trinajstić information content (AvgIpc) is 3.28. The Hall–Kier alpha value is -3.61. The first-order valence-electron chi connectivity index (χ1n) is 9.09. The fourth-order valence-corrected chi connectivity index (χ4v) is 3.56. The summed E-state index contributed by atoms with van der Waals surface area (Å²) < 4.78 is 53.5. The maximum atomic E-state index is 12.5. The van der Waals surface area contributed by atoms with E-state index in [9.17, 15) is 17.2 Å². The van der Waals surface area contributed by atoms with Crippen LogP contribution in [0.4, 0.5) is 26.1 Å². The van der Waals surface area contributed by atoms with Crippen molar-refractivity contribution in [3.63, 3.8) is 0 Å². The van der Waals surface area contributed by atoms with Crippen molar-refractivity contribution >= 4 is 38.4 Å². The Morgan fingerprint density at radius 1 is 1.13 bits per heavy atom. The van der Waals surface area contributed by atoms with Crippen molar-refractivity contribution in [2.24, 2.45) is 0 Å². The summed E-state index contributed by atoms with van der Waals surface area (Å²) in [4.78, 5) is 8.66. The lowest BCUT2D eigenvalue weighted by Gasteiger charge is -2.11. The number of benzene rings is 1. The number of aromatic nitrogens is 6. The molecule has 0 saturated carbocycles. The van der Waals surface area contributed by atoms with E-state index in [1.807, 2.05) is 0 Å². The highest BCUT2D eigenvalue weighted by molar-refractivity contribution is 7.92. The largest absolute Gasteiger partial charge is 0.321 e. The number of fused-ring (bicyclic) bond motifs is 1. The molecule has 1 aromatic carbocycles. The van der Waals surface area contributed by atoms with E-state index in [1.165, 1.54) is 12.4 Å². The van der Waals surface area contributed by atoms with Gasteiger partial charge in [-0.25, -0.2) is 26.9 Å². The highest BCUT2D eigenvalue weighted by atomic mass is 32.2. The summed E-state index contributed by atoms with van der Waals surface area (Å²) in [6.07, 6.45) is 4.60. The van der Waals surface area contributed by atoms with Crippen molar-refractivity contribution in [2.75, 3.05) is 16.3 Å². The highest BCUT2D eigenvalue weighted by Crippen LogP contribution is 2.21. The molecule has 0 fully saturated rings. The molecule has 31 heavy (non-hydrogen) atoms. The maximum absolute atomic E-state index is 12.5. The number of alkyl halides is 2. The first-order chi connectivity index (χ1) is 14.8. The van der Waals surface area contributed by atoms with Gasteiger partial charge in [-0.15, -0.1) is 0 Å². The normalized spacial score (nSPS) is 11.9. The summed E-state index contributed by atoms with van der Waals surface area (Å²) in [6, 6.07) is 6.99. The molecule has 2 N–H and O–H groups in total. The van der Waals surface area contributed by atoms with Crippen molar-refractivity contribution in [1.29, 1.82) is 0 Å². The van der Waals surface area contributed by atoms with Crippen LogP contribution in [0.3, 0.4) is 0 Å². The van der Waals surface area contributed by atoms with E-state index < -0.39 is 23.0 Å². The van der Waals surface area contributed by atoms with Gasteiger partial charge < -0.3 is 5.32 Å². The minimum Gasteiger partial charge on any atom is -0.321 e. The molecule has 4 rings (SSSR count). The molecule has 13 heteroatoms. The summed E-state index contributed by atoms with van der Waals surface area (Å²) in [7, 11) is -3.44. The van der Waals surface area contributed by atoms with Gasteiger partial charge in [0.15, 0.2) is 5.65 Å². The Kier molecular flexibility index (Phi) is 5.50. The molecule has 162 valence electrons. The molecule has 0 bridgehead atoms. The van der Waals surface area contributed by atoms with Crippen LogP contribution < -0.4 is 10.0 Å². The van der Waals surface area contributed by atoms with Gasteiger partial charge in [-0.05, 0) is 11.6 Å². The van der Waals surface area contributed by atoms with Crippen LogP contribution >= 0.6 is 0 Å². The number of nitrogens with zero attached hydrogens (tertiary/aromatic N) is 6. The Bertz CT molecular complexity index is 1320. The summed E-state index contributed by atoms with van der Waals surface area (Å²) in [6.45, 7) is -0.236. The number of hydrogen-bond donors (Lipinski definition) is 2. The highest BCUT2D eigenvalue weighted by Gasteiger charge is 2.12. The Labute approximate surface area is 176 Å². The SMILES string of the molecule is CS(=O)(=O)Nc1ccccc1Cn1ncc2cnc(Nc3cnn(CC(F)F)c3)nc21. The van der Waals surface area contributed by atoms with Crippen LogP contribution in [0.15, 0.2) is 49.1 Å². The molecule has 0 saturated heterocycles. The lowest BCUT2D eigenvalue weighted by Crippen LogP contribution is -2.13. The monoisotopic (exact) mass is 448 g/mol. The minimum absolute atomic E-state index is 0.244. The number of hydrogen-bond acceptors (Lipinski definition) is 7. The van der Waals surface area contributed by atoms with E-state index in [0.717, 1.165) is 10.9 Å². The molecular weight excluding hydrogens is 430 g/mol. The predicted octanol–water partition coefficient (Wildman–Crippen LogP) is 2.45. The number of anilines is 3. The molecule has 0 aliphatic carbocycles. The number of nitrogens with one attached hydrogen (secondary N) is 2. The molecule has 4 aromatic rings. The number of para-hydroxylation sites is 1. The number of sulfonamides is 1. The van der Waals surface area contributed by atoms with Gasteiger partial charge in [0.2, 0.25) is 16.0 Å². The Balaban J connectivity index is 1.59. The number of rotatable bonds is 8. The molecule has 0 aliphatic heterocycles. The van der Waals surface area contributed by atoms with E-state index in [1.54, 1.807) is 41.3 Å². The molecule has 0 amide bonds. The van der Waals surface area contributed by atoms with E-state index >= 15 is 0 Å². The van der Waals surface area contributed by atoms with Crippen molar-refractivity contribution in [2.45, 2.75) is 19.5 Å². The second-order valence-electron chi connectivity index (χ2n) is 6.77. The molecular formula is C18H18F2N8O2S. The van der Waals surface area contributed by atoms with Crippen LogP contribution in [-0.2, 0) is 23.1 Å². The Morgan fingerprint density at radius 3 is 2.71 bits per heavy atom. The van der Waals surface area contributed by atoms with Gasteiger partial charge in [0, 0.05) is 12.4 Å². The lowest BCUT2D eigenvalue weighted by atomic mass is 10.2. The third-order valence-electron chi connectivity index (χ3n) is 4.22. The summed E-state index contributed by atoms with van der Waals surface area (Å²) >= 11 is 0. The van der Waals surface area contributed by atoms with Gasteiger partial charge in [0.05, 0.1) is 42.0 Å². The van der Waals surface area contributed by atoms with E-state index in [0.29, 0.717) is 28.0 Å². The van der Waals surface area contributed by atoms with Crippen molar-refractivity contribution in [3.8, 4) is 0 Å². The van der Waals surface area contributed by atoms with E-state index in [2.05, 4.69) is 30.2 Å². The van der Waals surface area contributed by atoms with Crippen LogP contribution in [0.2, 0.25) is 0 Å². The molecule has 0 radical (unpaired) electrons. The maximum Gasteiger partial charge on any atom is 0.257 e. The third kappa shape index (κ3) is 5.12. The van der Waals surface area contributed by atoms with E-state index in [-0.39, 0.29) is 12.5 Å². The predicted molar refractivity (Wildman–Crippen MR) is 111 cm³/mol. The zero-order valence-electron chi connectivity index (χ0n) is 16.3. The van der Waals surface area contributed by atoms with Crippen LogP contribution in [0.1, 0.15) is 5.56 Å². The third-order valence-corrected chi connectivity index (χ3v) is 4.81. The zero-order chi connectivity index (χ0) is 22.0. The van der Waals surface area contributed by atoms with Crippen LogP contribution in [-0.4, -0.2) is 50.6 Å². The quantitative estimate of drug-likeness (QED) is 0.425. The molecule has 0 aliphatic rings. The fraction of sp³-hybridized carbons (Fsp3) is 0.222. The van der Waals surface area contributed by atoms with Gasteiger partial charge in [-0.2, -0.15) is 15.2 Å². The molecule has 0 unspecified atom stereocenters. The summed E-state index contributed by atoms with van der Waals surface area (Å²) in [5.74, 6) is 0.244. The Morgan fingerprint density at radius 2 is 1.94 bits per heavy atom. The standard InChI is InChI=1S/C18H18F2N8O2S/c1-31(29,30)26-15-5-3-2-4-12(15)9-28-17-13(7-23-28)6-21-18(25-17)24-14-8-22-27(10-14)11-16(19)20/h2-8,10,16,26H,9,11H2,1H3,(H,21,24,25). The smallest absolute Gasteiger partial charge is 0.257 e. The molecule has 0 atom stereocenters. The molecule has 3 heterocycles. The molecule has 3 aromatic heterocycles. The second kappa shape index (κ2) is 8.26. The fourth-order valence-electron chi connectivity index (χ4n) is 2.96. The second-order valence-corrected chi connectivity index (χ2v) is 8.52. The van der Waals surface area contributed by atoms with Crippen LogP contribution in [0.25, 0.3) is 11.0 Å². The van der Waals surface area contributed by atoms with Gasteiger partial charge in [0.25, 0.3) is 6.43 Å². The average molecular weight is 448 g/mol. The first-order valence-corrected chi connectivity index (χ1v) is 11.0. The van der Waals surface area contributed by atoms with Crippen molar-refractivity contribution in [1.82, 2.24) is 29.5 Å². The molecule has 10 nitrogen and oxygen atoms in total. The first kappa shape index (κ1) is 20.7. The van der Waals surface area contributed by atoms with Crippen LogP contribution in [0, 0.1) is 0 Å². The van der Waals surface area contributed by atoms with Gasteiger partial charge in [-0.1, -0.05) is 18.2 Å². The van der Waals surface area contributed by atoms with E-state index in [4.69, 9.17) is 0 Å². The topological polar surface area (TPSA) is 120 Å². The van der Waals surface area contributed by atoms with Crippen LogP contribution in [0.5, 0.6) is 0 Å². The van der Waals surface area contributed by atoms with Gasteiger partial charge in [-0.3, -0.25) is 9.40 Å². The zero-order valence-corrected chi connectivity index (χ0v) is 17.1.